The van der Waals surface area contributed by atoms with Gasteiger partial charge >= 0.3 is 5.97 Å². The van der Waals surface area contributed by atoms with E-state index in [-0.39, 0.29) is 11.1 Å². The first-order valence-electron chi connectivity index (χ1n) is 10.4. The molecule has 1 unspecified atom stereocenters. The fraction of sp³-hybridized carbons (Fsp3) is 0.583. The van der Waals surface area contributed by atoms with Gasteiger partial charge in [0.25, 0.3) is 5.70 Å². The minimum atomic E-state index is -0.525. The van der Waals surface area contributed by atoms with Crippen LogP contribution in [0.1, 0.15) is 70.9 Å². The van der Waals surface area contributed by atoms with Gasteiger partial charge in [0.2, 0.25) is 0 Å². The maximum Gasteiger partial charge on any atom is 0.336 e. The summed E-state index contributed by atoms with van der Waals surface area (Å²) >= 11 is 0. The topological polar surface area (TPSA) is 49.1 Å². The van der Waals surface area contributed by atoms with Crippen LogP contribution in [0.5, 0.6) is 11.5 Å². The van der Waals surface area contributed by atoms with Gasteiger partial charge in [0.1, 0.15) is 0 Å². The van der Waals surface area contributed by atoms with Gasteiger partial charge in [-0.15, -0.1) is 0 Å². The fourth-order valence-electron chi connectivity index (χ4n) is 3.93. The highest BCUT2D eigenvalue weighted by Crippen LogP contribution is 2.50. The number of carbonyl (C=O) groups excluding carboxylic acids is 1. The minimum Gasteiger partial charge on any atom is -0.493 e. The summed E-state index contributed by atoms with van der Waals surface area (Å²) in [7, 11) is 3.19. The zero-order chi connectivity index (χ0) is 21.6. The van der Waals surface area contributed by atoms with E-state index in [9.17, 15) is 4.79 Å². The van der Waals surface area contributed by atoms with Gasteiger partial charge in [-0.25, -0.2) is 4.85 Å². The van der Waals surface area contributed by atoms with E-state index in [1.54, 1.807) is 14.2 Å². The Hall–Kier alpha value is -2.48. The number of esters is 1. The zero-order valence-corrected chi connectivity index (χ0v) is 18.6. The number of hydrogen-bond acceptors (Lipinski definition) is 4. The minimum absolute atomic E-state index is 0.0781. The predicted octanol–water partition coefficient (Wildman–Crippen LogP) is 5.78. The third-order valence-corrected chi connectivity index (χ3v) is 5.78. The average molecular weight is 400 g/mol. The van der Waals surface area contributed by atoms with Crippen LogP contribution in [0.15, 0.2) is 17.8 Å². The number of benzene rings is 1. The molecule has 1 aromatic rings. The number of nitrogens with zero attached hydrogens (tertiary/aromatic N) is 1. The second-order valence-corrected chi connectivity index (χ2v) is 8.27. The van der Waals surface area contributed by atoms with Gasteiger partial charge in [-0.1, -0.05) is 47.0 Å². The van der Waals surface area contributed by atoms with Crippen molar-refractivity contribution in [1.29, 1.82) is 0 Å². The normalized spacial score (nSPS) is 17.1. The Bertz CT molecular complexity index is 817. The number of allylic oxidation sites excluding steroid dienone is 1. The van der Waals surface area contributed by atoms with Crippen LogP contribution in [-0.2, 0) is 14.9 Å². The molecule has 29 heavy (non-hydrogen) atoms. The summed E-state index contributed by atoms with van der Waals surface area (Å²) in [4.78, 5) is 16.4. The number of methoxy groups -OCH3 is 2. The quantitative estimate of drug-likeness (QED) is 0.300. The molecule has 0 fully saturated rings. The van der Waals surface area contributed by atoms with Crippen molar-refractivity contribution in [2.45, 2.75) is 65.2 Å². The van der Waals surface area contributed by atoms with Crippen molar-refractivity contribution in [1.82, 2.24) is 0 Å². The van der Waals surface area contributed by atoms with Gasteiger partial charge in [-0.2, -0.15) is 0 Å². The fourth-order valence-corrected chi connectivity index (χ4v) is 3.93. The van der Waals surface area contributed by atoms with E-state index in [1.807, 2.05) is 12.1 Å². The number of hydrogen-bond donors (Lipinski definition) is 0. The number of unbranched alkanes of at least 4 members (excludes halogenated alkanes) is 1. The van der Waals surface area contributed by atoms with Gasteiger partial charge in [0.15, 0.2) is 11.5 Å². The largest absolute Gasteiger partial charge is 0.493 e. The SMILES string of the molecule is [C-]#[N+]/C(C(=O)OCC(CC)CCCC)=C1/CC(C)(C)c2cc(OC)c(OC)cc21. The number of carbonyl (C=O) groups is 1. The summed E-state index contributed by atoms with van der Waals surface area (Å²) in [6.07, 6.45) is 4.84. The Labute approximate surface area is 174 Å². The van der Waals surface area contributed by atoms with Crippen LogP contribution in [0.25, 0.3) is 10.4 Å². The molecule has 0 amide bonds. The lowest BCUT2D eigenvalue weighted by Crippen LogP contribution is -2.15. The van der Waals surface area contributed by atoms with Gasteiger partial charge in [0.05, 0.1) is 27.4 Å². The van der Waals surface area contributed by atoms with Crippen molar-refractivity contribution in [3.63, 3.8) is 0 Å². The monoisotopic (exact) mass is 399 g/mol. The molecular weight excluding hydrogens is 366 g/mol. The van der Waals surface area contributed by atoms with E-state index in [0.29, 0.717) is 30.4 Å². The molecule has 0 saturated carbocycles. The lowest BCUT2D eigenvalue weighted by atomic mass is 9.86. The van der Waals surface area contributed by atoms with Crippen LogP contribution in [-0.4, -0.2) is 26.8 Å². The standard InChI is InChI=1S/C24H33NO4/c1-8-10-11-16(9-2)15-29-23(26)22(25-5)18-14-24(3,4)19-13-21(28-7)20(27-6)12-17(18)19/h12-13,16H,8-11,14-15H2,1-4,6-7H3/b22-18-. The van der Waals surface area contributed by atoms with Crippen LogP contribution >= 0.6 is 0 Å². The summed E-state index contributed by atoms with van der Waals surface area (Å²) in [5.41, 5.74) is 2.51. The summed E-state index contributed by atoms with van der Waals surface area (Å²) in [6.45, 7) is 16.5. The molecule has 1 aromatic carbocycles. The molecule has 0 aliphatic heterocycles. The van der Waals surface area contributed by atoms with Crippen LogP contribution in [0.4, 0.5) is 0 Å². The molecule has 1 aliphatic rings. The van der Waals surface area contributed by atoms with Gasteiger partial charge in [-0.3, -0.25) is 4.79 Å². The van der Waals surface area contributed by atoms with Crippen LogP contribution < -0.4 is 9.47 Å². The maximum absolute atomic E-state index is 12.8. The van der Waals surface area contributed by atoms with Crippen LogP contribution in [0, 0.1) is 12.5 Å². The summed E-state index contributed by atoms with van der Waals surface area (Å²) in [6, 6.07) is 3.82. The Kier molecular flexibility index (Phi) is 7.73. The molecule has 0 spiro atoms. The number of ether oxygens (including phenoxy) is 3. The van der Waals surface area contributed by atoms with E-state index < -0.39 is 5.97 Å². The average Bonchev–Trinajstić information content (AvgIpc) is 2.97. The molecule has 1 aliphatic carbocycles. The van der Waals surface area contributed by atoms with E-state index in [4.69, 9.17) is 20.8 Å². The van der Waals surface area contributed by atoms with E-state index in [1.165, 1.54) is 0 Å². The van der Waals surface area contributed by atoms with E-state index in [2.05, 4.69) is 32.5 Å². The second kappa shape index (κ2) is 9.82. The van der Waals surface area contributed by atoms with Crippen molar-refractivity contribution in [2.24, 2.45) is 5.92 Å². The Morgan fingerprint density at radius 2 is 1.86 bits per heavy atom. The number of fused-ring (bicyclic) bond motifs is 1. The van der Waals surface area contributed by atoms with Crippen LogP contribution in [0.2, 0.25) is 0 Å². The van der Waals surface area contributed by atoms with Gasteiger partial charge in [-0.05, 0) is 53.0 Å². The van der Waals surface area contributed by atoms with Crippen molar-refractivity contribution >= 4 is 11.5 Å². The summed E-state index contributed by atoms with van der Waals surface area (Å²) in [5.74, 6) is 1.05. The third-order valence-electron chi connectivity index (χ3n) is 5.78. The summed E-state index contributed by atoms with van der Waals surface area (Å²) in [5, 5.41) is 0. The van der Waals surface area contributed by atoms with Gasteiger partial charge < -0.3 is 14.2 Å². The highest BCUT2D eigenvalue weighted by Gasteiger charge is 2.37. The predicted molar refractivity (Wildman–Crippen MR) is 115 cm³/mol. The van der Waals surface area contributed by atoms with Crippen LogP contribution in [0.3, 0.4) is 0 Å². The van der Waals surface area contributed by atoms with Crippen molar-refractivity contribution in [3.8, 4) is 11.5 Å². The third kappa shape index (κ3) is 4.93. The molecule has 0 saturated heterocycles. The smallest absolute Gasteiger partial charge is 0.336 e. The van der Waals surface area contributed by atoms with Crippen molar-refractivity contribution in [2.75, 3.05) is 20.8 Å². The first kappa shape index (κ1) is 22.8. The molecule has 5 nitrogen and oxygen atoms in total. The molecule has 0 radical (unpaired) electrons. The molecule has 5 heteroatoms. The Morgan fingerprint density at radius 1 is 1.21 bits per heavy atom. The highest BCUT2D eigenvalue weighted by atomic mass is 16.5. The molecule has 0 N–H and O–H groups in total. The molecule has 0 aromatic heterocycles. The van der Waals surface area contributed by atoms with Crippen molar-refractivity contribution in [3.05, 3.63) is 40.4 Å². The molecule has 2 rings (SSSR count). The first-order chi connectivity index (χ1) is 13.8. The highest BCUT2D eigenvalue weighted by molar-refractivity contribution is 6.01. The lowest BCUT2D eigenvalue weighted by Gasteiger charge is -2.20. The first-order valence-corrected chi connectivity index (χ1v) is 10.4. The van der Waals surface area contributed by atoms with E-state index >= 15 is 0 Å². The van der Waals surface area contributed by atoms with Gasteiger partial charge in [0, 0.05) is 0 Å². The maximum atomic E-state index is 12.8. The van der Waals surface area contributed by atoms with Crippen molar-refractivity contribution < 1.29 is 19.0 Å². The molecular formula is C24H33NO4. The summed E-state index contributed by atoms with van der Waals surface area (Å²) < 4.78 is 16.5. The molecule has 158 valence electrons. The molecule has 0 bridgehead atoms. The Balaban J connectivity index is 2.38. The zero-order valence-electron chi connectivity index (χ0n) is 18.6. The Morgan fingerprint density at radius 3 is 2.41 bits per heavy atom. The second-order valence-electron chi connectivity index (χ2n) is 8.27. The van der Waals surface area contributed by atoms with E-state index in [0.717, 1.165) is 42.4 Å². The molecule has 0 heterocycles. The molecule has 1 atom stereocenters. The lowest BCUT2D eigenvalue weighted by molar-refractivity contribution is -0.140. The number of rotatable bonds is 9.